The van der Waals surface area contributed by atoms with E-state index in [1.54, 1.807) is 61.5 Å². The zero-order valence-electron chi connectivity index (χ0n) is 11.2. The molecule has 0 saturated heterocycles. The van der Waals surface area contributed by atoms with E-state index in [9.17, 15) is 14.7 Å². The van der Waals surface area contributed by atoms with E-state index in [2.05, 4.69) is 0 Å². The average molecular weight is 268 g/mol. The van der Waals surface area contributed by atoms with E-state index in [1.165, 1.54) is 0 Å². The molecule has 0 spiro atoms. The number of ketones is 2. The summed E-state index contributed by atoms with van der Waals surface area (Å²) in [5, 5.41) is 10.1. The third kappa shape index (κ3) is 3.00. The van der Waals surface area contributed by atoms with Gasteiger partial charge in [-0.1, -0.05) is 67.6 Å². The lowest BCUT2D eigenvalue weighted by Crippen LogP contribution is -2.33. The van der Waals surface area contributed by atoms with Crippen LogP contribution in [-0.4, -0.2) is 22.8 Å². The van der Waals surface area contributed by atoms with Crippen LogP contribution in [0.3, 0.4) is 0 Å². The maximum Gasteiger partial charge on any atom is 0.192 e. The van der Waals surface area contributed by atoms with Gasteiger partial charge in [-0.2, -0.15) is 0 Å². The van der Waals surface area contributed by atoms with Crippen molar-refractivity contribution in [2.45, 2.75) is 13.0 Å². The molecule has 2 atom stereocenters. The van der Waals surface area contributed by atoms with Gasteiger partial charge in [0.1, 0.15) is 6.10 Å². The van der Waals surface area contributed by atoms with E-state index in [-0.39, 0.29) is 5.78 Å². The summed E-state index contributed by atoms with van der Waals surface area (Å²) in [5.41, 5.74) is 0.910. The quantitative estimate of drug-likeness (QED) is 0.848. The number of carbonyl (C=O) groups excluding carboxylic acids is 2. The van der Waals surface area contributed by atoms with Crippen molar-refractivity contribution in [3.8, 4) is 0 Å². The van der Waals surface area contributed by atoms with Gasteiger partial charge in [0.25, 0.3) is 0 Å². The SMILES string of the molecule is C[C@@H](C(=O)c1ccccc1)[C@@H](O)C(=O)c1ccccc1. The summed E-state index contributed by atoms with van der Waals surface area (Å²) in [6.45, 7) is 1.57. The predicted molar refractivity (Wildman–Crippen MR) is 76.7 cm³/mol. The van der Waals surface area contributed by atoms with Gasteiger partial charge < -0.3 is 5.11 Å². The molecule has 3 nitrogen and oxygen atoms in total. The van der Waals surface area contributed by atoms with Gasteiger partial charge in [-0.05, 0) is 0 Å². The Bertz CT molecular complexity index is 535. The van der Waals surface area contributed by atoms with Crippen LogP contribution in [0.15, 0.2) is 60.7 Å². The molecule has 0 heterocycles. The number of benzene rings is 2. The summed E-state index contributed by atoms with van der Waals surface area (Å²) in [5.74, 6) is -1.44. The lowest BCUT2D eigenvalue weighted by Gasteiger charge is -2.16. The van der Waals surface area contributed by atoms with Crippen LogP contribution >= 0.6 is 0 Å². The molecule has 0 unspecified atom stereocenters. The number of rotatable bonds is 5. The molecule has 3 heteroatoms. The zero-order chi connectivity index (χ0) is 14.5. The molecule has 0 aliphatic rings. The van der Waals surface area contributed by atoms with Crippen LogP contribution in [0.2, 0.25) is 0 Å². The number of hydrogen-bond acceptors (Lipinski definition) is 3. The van der Waals surface area contributed by atoms with Gasteiger partial charge in [-0.3, -0.25) is 9.59 Å². The summed E-state index contributed by atoms with van der Waals surface area (Å²) in [4.78, 5) is 24.3. The summed E-state index contributed by atoms with van der Waals surface area (Å²) in [6.07, 6.45) is -1.33. The van der Waals surface area contributed by atoms with Gasteiger partial charge in [0.2, 0.25) is 0 Å². The van der Waals surface area contributed by atoms with Gasteiger partial charge in [0.15, 0.2) is 11.6 Å². The smallest absolute Gasteiger partial charge is 0.192 e. The maximum atomic E-state index is 12.2. The third-order valence-corrected chi connectivity index (χ3v) is 3.27. The highest BCUT2D eigenvalue weighted by molar-refractivity contribution is 6.05. The minimum atomic E-state index is -1.33. The van der Waals surface area contributed by atoms with Crippen molar-refractivity contribution in [1.82, 2.24) is 0 Å². The fourth-order valence-corrected chi connectivity index (χ4v) is 2.01. The molecule has 0 fully saturated rings. The minimum Gasteiger partial charge on any atom is -0.384 e. The highest BCUT2D eigenvalue weighted by Crippen LogP contribution is 2.16. The normalized spacial score (nSPS) is 13.5. The topological polar surface area (TPSA) is 54.4 Å². The molecule has 102 valence electrons. The first-order chi connectivity index (χ1) is 9.61. The number of carbonyl (C=O) groups is 2. The molecule has 0 amide bonds. The van der Waals surface area contributed by atoms with Crippen molar-refractivity contribution in [2.24, 2.45) is 5.92 Å². The van der Waals surface area contributed by atoms with Crippen LogP contribution in [-0.2, 0) is 0 Å². The molecule has 2 aromatic rings. The van der Waals surface area contributed by atoms with E-state index in [0.717, 1.165) is 0 Å². The Morgan fingerprint density at radius 2 is 1.20 bits per heavy atom. The zero-order valence-corrected chi connectivity index (χ0v) is 11.2. The fraction of sp³-hybridized carbons (Fsp3) is 0.176. The van der Waals surface area contributed by atoms with Crippen molar-refractivity contribution < 1.29 is 14.7 Å². The average Bonchev–Trinajstić information content (AvgIpc) is 2.53. The van der Waals surface area contributed by atoms with Crippen molar-refractivity contribution in [2.75, 3.05) is 0 Å². The molecule has 2 aromatic carbocycles. The molecule has 2 rings (SSSR count). The van der Waals surface area contributed by atoms with Crippen molar-refractivity contribution in [1.29, 1.82) is 0 Å². The van der Waals surface area contributed by atoms with Gasteiger partial charge in [0.05, 0.1) is 5.92 Å². The highest BCUT2D eigenvalue weighted by atomic mass is 16.3. The Hall–Kier alpha value is -2.26. The minimum absolute atomic E-state index is 0.234. The fourth-order valence-electron chi connectivity index (χ4n) is 2.01. The summed E-state index contributed by atoms with van der Waals surface area (Å²) in [6, 6.07) is 17.2. The molecule has 0 radical (unpaired) electrons. The first kappa shape index (κ1) is 14.2. The summed E-state index contributed by atoms with van der Waals surface area (Å²) < 4.78 is 0. The second-order valence-electron chi connectivity index (χ2n) is 4.69. The van der Waals surface area contributed by atoms with Crippen LogP contribution in [0.4, 0.5) is 0 Å². The second-order valence-corrected chi connectivity index (χ2v) is 4.69. The number of hydrogen-bond donors (Lipinski definition) is 1. The third-order valence-electron chi connectivity index (χ3n) is 3.27. The van der Waals surface area contributed by atoms with Gasteiger partial charge in [-0.15, -0.1) is 0 Å². The molecule has 0 aliphatic carbocycles. The van der Waals surface area contributed by atoms with Crippen molar-refractivity contribution in [3.63, 3.8) is 0 Å². The summed E-state index contributed by atoms with van der Waals surface area (Å²) >= 11 is 0. The van der Waals surface area contributed by atoms with Crippen LogP contribution in [0.5, 0.6) is 0 Å². The van der Waals surface area contributed by atoms with Gasteiger partial charge in [-0.25, -0.2) is 0 Å². The molecular formula is C17H16O3. The number of aliphatic hydroxyl groups is 1. The highest BCUT2D eigenvalue weighted by Gasteiger charge is 2.29. The Balaban J connectivity index is 2.15. The Morgan fingerprint density at radius 3 is 1.65 bits per heavy atom. The van der Waals surface area contributed by atoms with Crippen LogP contribution < -0.4 is 0 Å². The monoisotopic (exact) mass is 268 g/mol. The molecule has 0 aromatic heterocycles. The first-order valence-electron chi connectivity index (χ1n) is 6.48. The lowest BCUT2D eigenvalue weighted by atomic mass is 9.90. The number of aliphatic hydroxyl groups excluding tert-OH is 1. The van der Waals surface area contributed by atoms with Gasteiger partial charge >= 0.3 is 0 Å². The van der Waals surface area contributed by atoms with E-state index in [4.69, 9.17) is 0 Å². The van der Waals surface area contributed by atoms with E-state index in [0.29, 0.717) is 11.1 Å². The van der Waals surface area contributed by atoms with Crippen molar-refractivity contribution >= 4 is 11.6 Å². The molecule has 0 aliphatic heterocycles. The second kappa shape index (κ2) is 6.26. The molecule has 1 N–H and O–H groups in total. The number of Topliss-reactive ketones (excluding diaryl/α,β-unsaturated/α-hetero) is 2. The van der Waals surface area contributed by atoms with E-state index in [1.807, 2.05) is 6.07 Å². The van der Waals surface area contributed by atoms with Crippen LogP contribution in [0.1, 0.15) is 27.6 Å². The predicted octanol–water partition coefficient (Wildman–Crippen LogP) is 2.75. The molecule has 0 saturated carbocycles. The Labute approximate surface area is 117 Å². The van der Waals surface area contributed by atoms with Crippen LogP contribution in [0.25, 0.3) is 0 Å². The Morgan fingerprint density at radius 1 is 0.800 bits per heavy atom. The lowest BCUT2D eigenvalue weighted by molar-refractivity contribution is 0.0560. The standard InChI is InChI=1S/C17H16O3/c1-12(15(18)13-8-4-2-5-9-13)16(19)17(20)14-10-6-3-7-11-14/h2-12,16,19H,1H3/t12-,16+/m0/s1. The van der Waals surface area contributed by atoms with Crippen molar-refractivity contribution in [3.05, 3.63) is 71.8 Å². The summed E-state index contributed by atoms with van der Waals surface area (Å²) in [7, 11) is 0. The molecular weight excluding hydrogens is 252 g/mol. The van der Waals surface area contributed by atoms with E-state index >= 15 is 0 Å². The first-order valence-corrected chi connectivity index (χ1v) is 6.48. The Kier molecular flexibility index (Phi) is 4.43. The van der Waals surface area contributed by atoms with E-state index < -0.39 is 17.8 Å². The van der Waals surface area contributed by atoms with Gasteiger partial charge in [0, 0.05) is 11.1 Å². The molecule has 20 heavy (non-hydrogen) atoms. The maximum absolute atomic E-state index is 12.2. The van der Waals surface area contributed by atoms with Crippen LogP contribution in [0, 0.1) is 5.92 Å². The molecule has 0 bridgehead atoms. The largest absolute Gasteiger partial charge is 0.384 e.